The van der Waals surface area contributed by atoms with Crippen molar-refractivity contribution >= 4 is 17.3 Å². The van der Waals surface area contributed by atoms with Gasteiger partial charge in [0.1, 0.15) is 0 Å². The molecule has 0 aliphatic heterocycles. The molecule has 0 saturated carbocycles. The summed E-state index contributed by atoms with van der Waals surface area (Å²) >= 11 is 1.72. The smallest absolute Gasteiger partial charge is 0.191 e. The molecule has 1 aromatic heterocycles. The lowest BCUT2D eigenvalue weighted by molar-refractivity contribution is 0.145. The van der Waals surface area contributed by atoms with Crippen molar-refractivity contribution in [2.45, 2.75) is 40.7 Å². The summed E-state index contributed by atoms with van der Waals surface area (Å²) in [6.45, 7) is 12.1. The van der Waals surface area contributed by atoms with Gasteiger partial charge in [-0.1, -0.05) is 0 Å². The molecular weight excluding hydrogens is 272 g/mol. The van der Waals surface area contributed by atoms with Gasteiger partial charge in [-0.05, 0) is 34.1 Å². The van der Waals surface area contributed by atoms with E-state index in [1.54, 1.807) is 11.3 Å². The summed E-state index contributed by atoms with van der Waals surface area (Å²) < 4.78 is 5.32. The van der Waals surface area contributed by atoms with Crippen molar-refractivity contribution in [3.63, 3.8) is 0 Å². The Kier molecular flexibility index (Phi) is 8.22. The predicted molar refractivity (Wildman–Crippen MR) is 85.5 cm³/mol. The fourth-order valence-electron chi connectivity index (χ4n) is 1.74. The summed E-state index contributed by atoms with van der Waals surface area (Å²) in [5.74, 6) is 0.856. The van der Waals surface area contributed by atoms with Crippen LogP contribution in [0.1, 0.15) is 35.8 Å². The molecule has 20 heavy (non-hydrogen) atoms. The third kappa shape index (κ3) is 6.34. The fourth-order valence-corrected chi connectivity index (χ4v) is 2.60. The minimum Gasteiger partial charge on any atom is -0.382 e. The second-order valence-corrected chi connectivity index (χ2v) is 5.70. The molecule has 0 spiro atoms. The number of ether oxygens (including phenoxy) is 1. The third-order valence-corrected chi connectivity index (χ3v) is 3.74. The van der Waals surface area contributed by atoms with Gasteiger partial charge in [-0.3, -0.25) is 0 Å². The van der Waals surface area contributed by atoms with Gasteiger partial charge in [0.25, 0.3) is 0 Å². The lowest BCUT2D eigenvalue weighted by Crippen LogP contribution is -2.38. The SMILES string of the molecule is CCNC(=NCc1sc(C)nc1C)NCCCOCC. The molecule has 0 saturated heterocycles. The number of nitrogens with zero attached hydrogens (tertiary/aromatic N) is 2. The number of thiazole rings is 1. The normalized spacial score (nSPS) is 11.7. The van der Waals surface area contributed by atoms with Crippen LogP contribution < -0.4 is 10.6 Å². The van der Waals surface area contributed by atoms with Gasteiger partial charge >= 0.3 is 0 Å². The van der Waals surface area contributed by atoms with Crippen molar-refractivity contribution < 1.29 is 4.74 Å². The van der Waals surface area contributed by atoms with Gasteiger partial charge in [0.05, 0.1) is 17.2 Å². The van der Waals surface area contributed by atoms with Crippen LogP contribution in [0.5, 0.6) is 0 Å². The standard InChI is InChI=1S/C14H26N4OS/c1-5-15-14(16-8-7-9-19-6-2)17-10-13-11(3)18-12(4)20-13/h5-10H2,1-4H3,(H2,15,16,17). The van der Waals surface area contributed by atoms with Gasteiger partial charge in [0.15, 0.2) is 5.96 Å². The maximum atomic E-state index is 5.32. The predicted octanol–water partition coefficient (Wildman–Crippen LogP) is 2.24. The molecule has 0 radical (unpaired) electrons. The molecule has 0 atom stereocenters. The number of aromatic nitrogens is 1. The van der Waals surface area contributed by atoms with Crippen LogP contribution in [0.25, 0.3) is 0 Å². The molecular formula is C14H26N4OS. The Morgan fingerprint density at radius 2 is 2.10 bits per heavy atom. The number of aryl methyl sites for hydroxylation is 2. The highest BCUT2D eigenvalue weighted by atomic mass is 32.1. The summed E-state index contributed by atoms with van der Waals surface area (Å²) in [5, 5.41) is 7.67. The molecule has 0 fully saturated rings. The zero-order valence-corrected chi connectivity index (χ0v) is 13.8. The molecule has 0 aliphatic rings. The van der Waals surface area contributed by atoms with Crippen molar-refractivity contribution in [3.8, 4) is 0 Å². The van der Waals surface area contributed by atoms with Gasteiger partial charge in [0.2, 0.25) is 0 Å². The van der Waals surface area contributed by atoms with Crippen LogP contribution in [0.4, 0.5) is 0 Å². The Bertz CT molecular complexity index is 417. The van der Waals surface area contributed by atoms with Crippen LogP contribution in [0.3, 0.4) is 0 Å². The van der Waals surface area contributed by atoms with E-state index in [0.717, 1.165) is 49.4 Å². The first-order valence-corrected chi connectivity index (χ1v) is 8.01. The highest BCUT2D eigenvalue weighted by Crippen LogP contribution is 2.17. The monoisotopic (exact) mass is 298 g/mol. The van der Waals surface area contributed by atoms with Gasteiger partial charge in [-0.25, -0.2) is 9.98 Å². The van der Waals surface area contributed by atoms with E-state index < -0.39 is 0 Å². The van der Waals surface area contributed by atoms with E-state index in [4.69, 9.17) is 4.74 Å². The van der Waals surface area contributed by atoms with E-state index in [0.29, 0.717) is 6.54 Å². The molecule has 1 aromatic rings. The Balaban J connectivity index is 2.43. The number of rotatable bonds is 8. The third-order valence-electron chi connectivity index (χ3n) is 2.69. The minimum absolute atomic E-state index is 0.679. The topological polar surface area (TPSA) is 58.5 Å². The average Bonchev–Trinajstić information content (AvgIpc) is 2.74. The van der Waals surface area contributed by atoms with E-state index >= 15 is 0 Å². The first-order chi connectivity index (χ1) is 9.67. The lowest BCUT2D eigenvalue weighted by atomic mass is 10.4. The Morgan fingerprint density at radius 1 is 1.30 bits per heavy atom. The van der Waals surface area contributed by atoms with Crippen LogP contribution in [-0.4, -0.2) is 37.2 Å². The highest BCUT2D eigenvalue weighted by molar-refractivity contribution is 7.11. The van der Waals surface area contributed by atoms with Crippen LogP contribution in [0.2, 0.25) is 0 Å². The fraction of sp³-hybridized carbons (Fsp3) is 0.714. The summed E-state index contributed by atoms with van der Waals surface area (Å²) in [6.07, 6.45) is 0.983. The van der Waals surface area contributed by atoms with E-state index in [9.17, 15) is 0 Å². The molecule has 0 bridgehead atoms. The maximum absolute atomic E-state index is 5.32. The molecule has 2 N–H and O–H groups in total. The van der Waals surface area contributed by atoms with Crippen molar-refractivity contribution in [1.29, 1.82) is 0 Å². The molecule has 1 heterocycles. The number of hydrogen-bond acceptors (Lipinski definition) is 4. The van der Waals surface area contributed by atoms with Crippen LogP contribution in [0, 0.1) is 13.8 Å². The quantitative estimate of drug-likeness (QED) is 0.439. The summed E-state index contributed by atoms with van der Waals surface area (Å²) in [7, 11) is 0. The molecule has 0 aliphatic carbocycles. The Hall–Kier alpha value is -1.14. The van der Waals surface area contributed by atoms with Crippen molar-refractivity contribution in [1.82, 2.24) is 15.6 Å². The summed E-state index contributed by atoms with van der Waals surface area (Å²) in [4.78, 5) is 10.3. The van der Waals surface area contributed by atoms with E-state index in [1.807, 2.05) is 20.8 Å². The largest absolute Gasteiger partial charge is 0.382 e. The first kappa shape index (κ1) is 16.9. The summed E-state index contributed by atoms with van der Waals surface area (Å²) in [5.41, 5.74) is 1.09. The molecule has 1 rings (SSSR count). The van der Waals surface area contributed by atoms with Gasteiger partial charge in [-0.2, -0.15) is 0 Å². The van der Waals surface area contributed by atoms with Crippen molar-refractivity contribution in [2.24, 2.45) is 4.99 Å². The average molecular weight is 298 g/mol. The minimum atomic E-state index is 0.679. The summed E-state index contributed by atoms with van der Waals surface area (Å²) in [6, 6.07) is 0. The molecule has 5 nitrogen and oxygen atoms in total. The van der Waals surface area contributed by atoms with Crippen molar-refractivity contribution in [3.05, 3.63) is 15.6 Å². The second kappa shape index (κ2) is 9.72. The first-order valence-electron chi connectivity index (χ1n) is 7.20. The van der Waals surface area contributed by atoms with Gasteiger partial charge in [-0.15, -0.1) is 11.3 Å². The van der Waals surface area contributed by atoms with Crippen LogP contribution in [-0.2, 0) is 11.3 Å². The lowest BCUT2D eigenvalue weighted by Gasteiger charge is -2.11. The van der Waals surface area contributed by atoms with E-state index in [1.165, 1.54) is 4.88 Å². The zero-order chi connectivity index (χ0) is 14.8. The molecule has 6 heteroatoms. The highest BCUT2D eigenvalue weighted by Gasteiger charge is 2.04. The molecule has 0 aromatic carbocycles. The van der Waals surface area contributed by atoms with Gasteiger partial charge < -0.3 is 15.4 Å². The van der Waals surface area contributed by atoms with Crippen LogP contribution in [0.15, 0.2) is 4.99 Å². The van der Waals surface area contributed by atoms with E-state index in [2.05, 4.69) is 27.5 Å². The number of nitrogens with one attached hydrogen (secondary N) is 2. The van der Waals surface area contributed by atoms with Gasteiger partial charge in [0, 0.05) is 31.2 Å². The molecule has 114 valence electrons. The number of guanidine groups is 1. The Morgan fingerprint density at radius 3 is 2.70 bits per heavy atom. The second-order valence-electron chi connectivity index (χ2n) is 4.41. The van der Waals surface area contributed by atoms with Crippen LogP contribution >= 0.6 is 11.3 Å². The van der Waals surface area contributed by atoms with E-state index in [-0.39, 0.29) is 0 Å². The number of hydrogen-bond donors (Lipinski definition) is 2. The zero-order valence-electron chi connectivity index (χ0n) is 13.0. The number of aliphatic imine (C=N–C) groups is 1. The van der Waals surface area contributed by atoms with Crippen molar-refractivity contribution in [2.75, 3.05) is 26.3 Å². The molecule has 0 unspecified atom stereocenters. The molecule has 0 amide bonds. The Labute approximate surface area is 125 Å². The maximum Gasteiger partial charge on any atom is 0.191 e.